The van der Waals surface area contributed by atoms with Crippen molar-refractivity contribution in [3.8, 4) is 6.07 Å². The number of hydrogen-bond donors (Lipinski definition) is 0. The summed E-state index contributed by atoms with van der Waals surface area (Å²) in [5, 5.41) is 12.9. The Morgan fingerprint density at radius 2 is 2.11 bits per heavy atom. The van der Waals surface area contributed by atoms with Crippen LogP contribution in [0.2, 0.25) is 0 Å². The van der Waals surface area contributed by atoms with Crippen molar-refractivity contribution in [2.24, 2.45) is 7.05 Å². The Kier molecular flexibility index (Phi) is 2.19. The van der Waals surface area contributed by atoms with Gasteiger partial charge in [-0.25, -0.2) is 4.90 Å². The molecule has 1 aliphatic heterocycles. The van der Waals surface area contributed by atoms with Gasteiger partial charge in [0.1, 0.15) is 17.3 Å². The van der Waals surface area contributed by atoms with Gasteiger partial charge < -0.3 is 0 Å². The molecule has 19 heavy (non-hydrogen) atoms. The number of hydrogen-bond acceptors (Lipinski definition) is 5. The van der Waals surface area contributed by atoms with E-state index in [1.807, 2.05) is 6.07 Å². The molecule has 7 nitrogen and oxygen atoms in total. The molecule has 2 aromatic heterocycles. The van der Waals surface area contributed by atoms with Crippen LogP contribution in [-0.4, -0.2) is 26.6 Å². The van der Waals surface area contributed by atoms with Crippen molar-refractivity contribution >= 4 is 17.6 Å². The summed E-state index contributed by atoms with van der Waals surface area (Å²) >= 11 is 0. The predicted molar refractivity (Wildman–Crippen MR) is 63.3 cm³/mol. The maximum Gasteiger partial charge on any atom is 0.286 e. The molecular weight excluding hydrogens is 246 g/mol. The van der Waals surface area contributed by atoms with Crippen LogP contribution in [0.3, 0.4) is 0 Å². The van der Waals surface area contributed by atoms with Crippen LogP contribution >= 0.6 is 0 Å². The van der Waals surface area contributed by atoms with Gasteiger partial charge in [-0.15, -0.1) is 0 Å². The van der Waals surface area contributed by atoms with Crippen LogP contribution in [0.25, 0.3) is 0 Å². The van der Waals surface area contributed by atoms with Gasteiger partial charge in [-0.1, -0.05) is 0 Å². The average molecular weight is 253 g/mol. The van der Waals surface area contributed by atoms with Crippen molar-refractivity contribution in [3.05, 3.63) is 41.3 Å². The van der Waals surface area contributed by atoms with Gasteiger partial charge in [-0.05, 0) is 12.1 Å². The second-order valence-electron chi connectivity index (χ2n) is 3.96. The number of nitriles is 1. The molecule has 0 unspecified atom stereocenters. The number of aryl methyl sites for hydroxylation is 1. The molecule has 0 saturated carbocycles. The van der Waals surface area contributed by atoms with Gasteiger partial charge in [0, 0.05) is 13.2 Å². The lowest BCUT2D eigenvalue weighted by Crippen LogP contribution is -2.32. The summed E-state index contributed by atoms with van der Waals surface area (Å²) in [6.07, 6.45) is 2.76. The van der Waals surface area contributed by atoms with Crippen LogP contribution in [0.1, 0.15) is 26.4 Å². The lowest BCUT2D eigenvalue weighted by molar-refractivity contribution is 0.0922. The van der Waals surface area contributed by atoms with Gasteiger partial charge in [0.25, 0.3) is 11.8 Å². The zero-order valence-corrected chi connectivity index (χ0v) is 9.86. The van der Waals surface area contributed by atoms with E-state index in [1.54, 1.807) is 13.1 Å². The van der Waals surface area contributed by atoms with Crippen molar-refractivity contribution in [2.75, 3.05) is 4.90 Å². The smallest absolute Gasteiger partial charge is 0.268 e. The zero-order chi connectivity index (χ0) is 13.6. The number of rotatable bonds is 1. The number of carbonyl (C=O) groups excluding carboxylic acids is 2. The monoisotopic (exact) mass is 253 g/mol. The Morgan fingerprint density at radius 1 is 1.32 bits per heavy atom. The standard InChI is InChI=1S/C12H7N5O2/c1-16-10(7(5-13)6-15-16)17-11(18)8-3-2-4-14-9(8)12(17)19/h2-4,6H,1H3. The number of nitrogens with zero attached hydrogens (tertiary/aromatic N) is 5. The van der Waals surface area contributed by atoms with E-state index in [0.29, 0.717) is 0 Å². The third-order valence-electron chi connectivity index (χ3n) is 2.89. The maximum atomic E-state index is 12.2. The van der Waals surface area contributed by atoms with Crippen molar-refractivity contribution in [1.82, 2.24) is 14.8 Å². The van der Waals surface area contributed by atoms with Crippen molar-refractivity contribution in [3.63, 3.8) is 0 Å². The topological polar surface area (TPSA) is 91.9 Å². The normalized spacial score (nSPS) is 13.6. The largest absolute Gasteiger partial charge is 0.286 e. The first-order valence-corrected chi connectivity index (χ1v) is 5.41. The molecule has 0 saturated heterocycles. The molecule has 0 aromatic carbocycles. The van der Waals surface area contributed by atoms with E-state index >= 15 is 0 Å². The fourth-order valence-corrected chi connectivity index (χ4v) is 2.03. The van der Waals surface area contributed by atoms with Crippen molar-refractivity contribution in [2.45, 2.75) is 0 Å². The number of aromatic nitrogens is 3. The van der Waals surface area contributed by atoms with Crippen LogP contribution < -0.4 is 4.90 Å². The van der Waals surface area contributed by atoms with E-state index in [0.717, 1.165) is 4.90 Å². The highest BCUT2D eigenvalue weighted by molar-refractivity contribution is 6.33. The Labute approximate surface area is 107 Å². The van der Waals surface area contributed by atoms with Gasteiger partial charge in [0.15, 0.2) is 5.82 Å². The van der Waals surface area contributed by atoms with Gasteiger partial charge in [0.2, 0.25) is 0 Å². The molecule has 0 aliphatic carbocycles. The zero-order valence-electron chi connectivity index (χ0n) is 9.86. The first kappa shape index (κ1) is 11.1. The number of carbonyl (C=O) groups is 2. The number of fused-ring (bicyclic) bond motifs is 1. The predicted octanol–water partition coefficient (Wildman–Crippen LogP) is 0.487. The molecule has 0 atom stereocenters. The second kappa shape index (κ2) is 3.74. The minimum Gasteiger partial charge on any atom is -0.268 e. The minimum atomic E-state index is -0.541. The van der Waals surface area contributed by atoms with Crippen LogP contribution in [0.15, 0.2) is 24.5 Å². The summed E-state index contributed by atoms with van der Waals surface area (Å²) in [5.74, 6) is -0.871. The van der Waals surface area contributed by atoms with Crippen LogP contribution in [0.5, 0.6) is 0 Å². The molecule has 0 N–H and O–H groups in total. The van der Waals surface area contributed by atoms with E-state index in [4.69, 9.17) is 5.26 Å². The Hall–Kier alpha value is -3.01. The molecule has 3 heterocycles. The summed E-state index contributed by atoms with van der Waals surface area (Å²) in [6, 6.07) is 5.03. The lowest BCUT2D eigenvalue weighted by atomic mass is 10.2. The Morgan fingerprint density at radius 3 is 2.79 bits per heavy atom. The lowest BCUT2D eigenvalue weighted by Gasteiger charge is -2.13. The molecule has 7 heteroatoms. The number of imide groups is 1. The number of amides is 2. The molecule has 2 amide bonds. The SMILES string of the molecule is Cn1ncc(C#N)c1N1C(=O)c2cccnc2C1=O. The summed E-state index contributed by atoms with van der Waals surface area (Å²) in [6.45, 7) is 0. The van der Waals surface area contributed by atoms with Gasteiger partial charge >= 0.3 is 0 Å². The Balaban J connectivity index is 2.20. The third kappa shape index (κ3) is 1.37. The van der Waals surface area contributed by atoms with Crippen molar-refractivity contribution < 1.29 is 9.59 Å². The molecule has 0 bridgehead atoms. The molecule has 0 radical (unpaired) electrons. The summed E-state index contributed by atoms with van der Waals surface area (Å²) < 4.78 is 1.32. The molecule has 1 aliphatic rings. The van der Waals surface area contributed by atoms with E-state index in [-0.39, 0.29) is 22.6 Å². The Bertz CT molecular complexity index is 721. The quantitative estimate of drug-likeness (QED) is 0.689. The van der Waals surface area contributed by atoms with Gasteiger partial charge in [0.05, 0.1) is 11.8 Å². The van der Waals surface area contributed by atoms with E-state index in [1.165, 1.54) is 23.1 Å². The van der Waals surface area contributed by atoms with Crippen molar-refractivity contribution in [1.29, 1.82) is 5.26 Å². The fourth-order valence-electron chi connectivity index (χ4n) is 2.03. The summed E-state index contributed by atoms with van der Waals surface area (Å²) in [4.78, 5) is 29.3. The third-order valence-corrected chi connectivity index (χ3v) is 2.89. The van der Waals surface area contributed by atoms with Crippen LogP contribution in [0.4, 0.5) is 5.82 Å². The number of anilines is 1. The highest BCUT2D eigenvalue weighted by Crippen LogP contribution is 2.28. The molecule has 0 spiro atoms. The van der Waals surface area contributed by atoms with E-state index < -0.39 is 11.8 Å². The van der Waals surface area contributed by atoms with Gasteiger partial charge in [-0.2, -0.15) is 10.4 Å². The van der Waals surface area contributed by atoms with E-state index in [9.17, 15) is 9.59 Å². The summed E-state index contributed by atoms with van der Waals surface area (Å²) in [5.41, 5.74) is 0.493. The first-order valence-electron chi connectivity index (χ1n) is 5.41. The first-order chi connectivity index (χ1) is 9.15. The van der Waals surface area contributed by atoms with E-state index in [2.05, 4.69) is 10.1 Å². The maximum absolute atomic E-state index is 12.2. The second-order valence-corrected chi connectivity index (χ2v) is 3.96. The highest BCUT2D eigenvalue weighted by Gasteiger charge is 2.40. The fraction of sp³-hybridized carbons (Fsp3) is 0.0833. The molecule has 92 valence electrons. The molecule has 0 fully saturated rings. The molecular formula is C12H7N5O2. The van der Waals surface area contributed by atoms with Crippen LogP contribution in [-0.2, 0) is 7.05 Å². The molecule has 2 aromatic rings. The minimum absolute atomic E-state index is 0.0950. The average Bonchev–Trinajstić information content (AvgIpc) is 2.90. The van der Waals surface area contributed by atoms with Crippen LogP contribution in [0, 0.1) is 11.3 Å². The molecule has 3 rings (SSSR count). The van der Waals surface area contributed by atoms with Gasteiger partial charge in [-0.3, -0.25) is 19.3 Å². The highest BCUT2D eigenvalue weighted by atomic mass is 16.2. The summed E-state index contributed by atoms with van der Waals surface area (Å²) in [7, 11) is 1.56. The number of pyridine rings is 1.